The van der Waals surface area contributed by atoms with E-state index in [-0.39, 0.29) is 18.6 Å². The van der Waals surface area contributed by atoms with E-state index in [0.717, 1.165) is 36.1 Å². The maximum Gasteiger partial charge on any atom is 0.257 e. The number of carbonyl (C=O) groups excluding carboxylic acids is 1. The molecule has 178 valence electrons. The van der Waals surface area contributed by atoms with Crippen molar-refractivity contribution in [2.45, 2.75) is 32.0 Å². The molecule has 9 heteroatoms. The molecule has 3 heterocycles. The molecule has 1 saturated heterocycles. The molecule has 1 aliphatic heterocycles. The summed E-state index contributed by atoms with van der Waals surface area (Å²) >= 11 is 0. The second kappa shape index (κ2) is 10.0. The molecule has 1 atom stereocenters. The van der Waals surface area contributed by atoms with Crippen molar-refractivity contribution in [3.8, 4) is 17.2 Å². The van der Waals surface area contributed by atoms with Gasteiger partial charge in [0.25, 0.3) is 11.9 Å². The van der Waals surface area contributed by atoms with Gasteiger partial charge in [-0.25, -0.2) is 9.97 Å². The maximum atomic E-state index is 13.3. The van der Waals surface area contributed by atoms with E-state index < -0.39 is 0 Å². The molecule has 0 radical (unpaired) electrons. The number of methoxy groups -OCH3 is 1. The molecule has 1 unspecified atom stereocenters. The number of benzene rings is 1. The van der Waals surface area contributed by atoms with Crippen LogP contribution in [0, 0.1) is 0 Å². The molecule has 1 aromatic carbocycles. The van der Waals surface area contributed by atoms with Gasteiger partial charge >= 0.3 is 0 Å². The molecule has 5 rings (SSSR count). The van der Waals surface area contributed by atoms with Crippen LogP contribution in [0.25, 0.3) is 17.2 Å². The number of carbonyl (C=O) groups is 1. The molecule has 0 N–H and O–H groups in total. The van der Waals surface area contributed by atoms with Crippen LogP contribution >= 0.6 is 0 Å². The van der Waals surface area contributed by atoms with Gasteiger partial charge in [0.1, 0.15) is 0 Å². The fourth-order valence-corrected chi connectivity index (χ4v) is 4.59. The largest absolute Gasteiger partial charge is 0.378 e. The van der Waals surface area contributed by atoms with Crippen LogP contribution in [0.3, 0.4) is 0 Å². The summed E-state index contributed by atoms with van der Waals surface area (Å²) in [6.07, 6.45) is 6.30. The van der Waals surface area contributed by atoms with Crippen LogP contribution in [0.15, 0.2) is 36.7 Å². The van der Waals surface area contributed by atoms with E-state index in [0.29, 0.717) is 43.6 Å². The molecule has 1 fully saturated rings. The van der Waals surface area contributed by atoms with Gasteiger partial charge in [-0.05, 0) is 30.4 Å². The number of ether oxygens (including phenoxy) is 3. The quantitative estimate of drug-likeness (QED) is 0.555. The number of aryl methyl sites for hydroxylation is 2. The minimum atomic E-state index is -0.160. The Balaban J connectivity index is 1.47. The van der Waals surface area contributed by atoms with E-state index in [1.54, 1.807) is 29.9 Å². The monoisotopic (exact) mass is 463 g/mol. The predicted octanol–water partition coefficient (Wildman–Crippen LogP) is 2.45. The number of hydrogen-bond donors (Lipinski definition) is 0. The third-order valence-corrected chi connectivity index (χ3v) is 6.30. The molecule has 9 nitrogen and oxygen atoms in total. The van der Waals surface area contributed by atoms with E-state index in [2.05, 4.69) is 28.3 Å². The normalized spacial score (nSPS) is 17.5. The first-order valence-corrected chi connectivity index (χ1v) is 11.6. The highest BCUT2D eigenvalue weighted by Gasteiger charge is 2.26. The number of nitrogens with zero attached hydrogens (tertiary/aromatic N) is 5. The third kappa shape index (κ3) is 4.46. The molecule has 2 aliphatic rings. The first-order valence-electron chi connectivity index (χ1n) is 11.6. The number of hydrogen-bond acceptors (Lipinski definition) is 7. The van der Waals surface area contributed by atoms with Crippen molar-refractivity contribution < 1.29 is 19.0 Å². The molecule has 1 amide bonds. The number of fused-ring (bicyclic) bond motifs is 3. The van der Waals surface area contributed by atoms with Crippen LogP contribution in [0.1, 0.15) is 33.6 Å². The van der Waals surface area contributed by atoms with Crippen molar-refractivity contribution >= 4 is 5.91 Å². The van der Waals surface area contributed by atoms with Crippen LogP contribution in [0.2, 0.25) is 0 Å². The Hall–Kier alpha value is -3.14. The summed E-state index contributed by atoms with van der Waals surface area (Å²) in [4.78, 5) is 24.4. The zero-order valence-corrected chi connectivity index (χ0v) is 19.6. The molecule has 34 heavy (non-hydrogen) atoms. The van der Waals surface area contributed by atoms with Crippen molar-refractivity contribution in [2.75, 3.05) is 40.5 Å². The van der Waals surface area contributed by atoms with Crippen LogP contribution < -0.4 is 0 Å². The molecule has 0 saturated carbocycles. The fourth-order valence-electron chi connectivity index (χ4n) is 4.59. The van der Waals surface area contributed by atoms with Gasteiger partial charge in [-0.2, -0.15) is 9.78 Å². The summed E-state index contributed by atoms with van der Waals surface area (Å²) in [7, 11) is 3.35. The van der Waals surface area contributed by atoms with Gasteiger partial charge in [-0.3, -0.25) is 4.79 Å². The zero-order chi connectivity index (χ0) is 23.5. The van der Waals surface area contributed by atoms with E-state index in [1.807, 2.05) is 12.3 Å². The van der Waals surface area contributed by atoms with Gasteiger partial charge in [0.2, 0.25) is 0 Å². The number of likely N-dealkylation sites (N-methyl/N-ethyl adjacent to an activating group) is 1. The Bertz CT molecular complexity index is 1170. The fraction of sp³-hybridized carbons (Fsp3) is 0.440. The van der Waals surface area contributed by atoms with Gasteiger partial charge in [0.05, 0.1) is 55.7 Å². The molecular formula is C25H29N5O4. The minimum Gasteiger partial charge on any atom is -0.378 e. The van der Waals surface area contributed by atoms with E-state index >= 15 is 0 Å². The lowest BCUT2D eigenvalue weighted by molar-refractivity contribution is -0.0933. The van der Waals surface area contributed by atoms with Gasteiger partial charge in [0.15, 0.2) is 0 Å². The molecule has 0 spiro atoms. The summed E-state index contributed by atoms with van der Waals surface area (Å²) in [6, 6.07) is 8.36. The van der Waals surface area contributed by atoms with E-state index in [9.17, 15) is 4.79 Å². The highest BCUT2D eigenvalue weighted by Crippen LogP contribution is 2.31. The SMILES string of the molecule is COCc1c(C(=O)N(C)CC2COCCO2)cnn1-c1ncc2c(n1)-c1ccccc1CCC2. The number of rotatable bonds is 6. The average molecular weight is 464 g/mol. The zero-order valence-electron chi connectivity index (χ0n) is 19.6. The van der Waals surface area contributed by atoms with Gasteiger partial charge in [-0.1, -0.05) is 24.3 Å². The third-order valence-electron chi connectivity index (χ3n) is 6.30. The number of aromatic nitrogens is 4. The predicted molar refractivity (Wildman–Crippen MR) is 125 cm³/mol. The van der Waals surface area contributed by atoms with Crippen molar-refractivity contribution in [1.82, 2.24) is 24.6 Å². The summed E-state index contributed by atoms with van der Waals surface area (Å²) in [5.41, 5.74) is 5.54. The summed E-state index contributed by atoms with van der Waals surface area (Å²) < 4.78 is 18.2. The topological polar surface area (TPSA) is 91.6 Å². The lowest BCUT2D eigenvalue weighted by atomic mass is 10.0. The van der Waals surface area contributed by atoms with Gasteiger partial charge in [0, 0.05) is 32.5 Å². The standard InChI is InChI=1S/C25H29N5O4/c1-29(14-19-15-33-10-11-34-19)24(31)21-13-27-30(22(21)16-32-2)25-26-12-18-8-5-7-17-6-3-4-9-20(17)23(18)28-25/h3-4,6,9,12-13,19H,5,7-8,10-11,14-16H2,1-2H3. The Morgan fingerprint density at radius 1 is 1.21 bits per heavy atom. The Labute approximate surface area is 198 Å². The number of amides is 1. The van der Waals surface area contributed by atoms with Crippen molar-refractivity contribution in [3.63, 3.8) is 0 Å². The van der Waals surface area contributed by atoms with Gasteiger partial charge in [-0.15, -0.1) is 0 Å². The molecule has 0 bridgehead atoms. The second-order valence-corrected chi connectivity index (χ2v) is 8.66. The molecule has 2 aromatic heterocycles. The smallest absolute Gasteiger partial charge is 0.257 e. The molecule has 3 aromatic rings. The second-order valence-electron chi connectivity index (χ2n) is 8.66. The molecular weight excluding hydrogens is 434 g/mol. The summed E-state index contributed by atoms with van der Waals surface area (Å²) in [6.45, 7) is 2.24. The van der Waals surface area contributed by atoms with Crippen LogP contribution in [0.4, 0.5) is 0 Å². The average Bonchev–Trinajstić information content (AvgIpc) is 3.19. The Kier molecular flexibility index (Phi) is 6.66. The highest BCUT2D eigenvalue weighted by atomic mass is 16.6. The van der Waals surface area contributed by atoms with Crippen LogP contribution in [0.5, 0.6) is 0 Å². The van der Waals surface area contributed by atoms with Crippen molar-refractivity contribution in [2.24, 2.45) is 0 Å². The lowest BCUT2D eigenvalue weighted by Crippen LogP contribution is -2.41. The van der Waals surface area contributed by atoms with Crippen molar-refractivity contribution in [1.29, 1.82) is 0 Å². The van der Waals surface area contributed by atoms with E-state index in [4.69, 9.17) is 19.2 Å². The first kappa shape index (κ1) is 22.6. The van der Waals surface area contributed by atoms with Crippen LogP contribution in [-0.4, -0.2) is 77.2 Å². The lowest BCUT2D eigenvalue weighted by Gasteiger charge is -2.27. The van der Waals surface area contributed by atoms with Crippen LogP contribution in [-0.2, 0) is 33.7 Å². The van der Waals surface area contributed by atoms with Gasteiger partial charge < -0.3 is 19.1 Å². The first-order chi connectivity index (χ1) is 16.7. The maximum absolute atomic E-state index is 13.3. The summed E-state index contributed by atoms with van der Waals surface area (Å²) in [5, 5.41) is 4.49. The minimum absolute atomic E-state index is 0.142. The Morgan fingerprint density at radius 3 is 2.88 bits per heavy atom. The molecule has 1 aliphatic carbocycles. The van der Waals surface area contributed by atoms with Crippen molar-refractivity contribution in [3.05, 3.63) is 59.0 Å². The highest BCUT2D eigenvalue weighted by molar-refractivity contribution is 5.95. The Morgan fingerprint density at radius 2 is 2.06 bits per heavy atom. The summed E-state index contributed by atoms with van der Waals surface area (Å²) in [5.74, 6) is 0.265. The van der Waals surface area contributed by atoms with E-state index in [1.165, 1.54) is 5.56 Å².